The third kappa shape index (κ3) is 3.24. The lowest BCUT2D eigenvalue weighted by atomic mass is 10.1. The Bertz CT molecular complexity index is 565. The lowest BCUT2D eigenvalue weighted by Gasteiger charge is -2.01. The Morgan fingerprint density at radius 2 is 2.00 bits per heavy atom. The maximum absolute atomic E-state index is 13.5. The van der Waals surface area contributed by atoms with Gasteiger partial charge in [-0.15, -0.1) is 11.3 Å². The first kappa shape index (κ1) is 12.9. The number of carbonyl (C=O) groups excluding carboxylic acids is 1. The highest BCUT2D eigenvalue weighted by Gasteiger charge is 2.12. The molecule has 0 atom stereocenters. The number of ketones is 1. The molecule has 2 rings (SSSR count). The first-order chi connectivity index (χ1) is 8.06. The van der Waals surface area contributed by atoms with E-state index >= 15 is 0 Å². The fourth-order valence-corrected chi connectivity index (χ4v) is 3.05. The van der Waals surface area contributed by atoms with Crippen LogP contribution in [0, 0.1) is 5.82 Å². The standard InChI is InChI=1S/C12H7Br2FOS/c13-8-2-1-7(9(15)6-8)5-10(16)11-3-4-12(14)17-11/h1-4,6H,5H2. The monoisotopic (exact) mass is 376 g/mol. The van der Waals surface area contributed by atoms with Crippen molar-refractivity contribution >= 4 is 49.0 Å². The summed E-state index contributed by atoms with van der Waals surface area (Å²) in [7, 11) is 0. The van der Waals surface area contributed by atoms with Gasteiger partial charge in [-0.05, 0) is 45.8 Å². The van der Waals surface area contributed by atoms with Gasteiger partial charge in [-0.25, -0.2) is 4.39 Å². The molecule has 0 N–H and O–H groups in total. The molecule has 0 radical (unpaired) electrons. The van der Waals surface area contributed by atoms with Crippen molar-refractivity contribution in [2.24, 2.45) is 0 Å². The van der Waals surface area contributed by atoms with E-state index in [4.69, 9.17) is 0 Å². The molecule has 0 aliphatic carbocycles. The van der Waals surface area contributed by atoms with Crippen LogP contribution < -0.4 is 0 Å². The second kappa shape index (κ2) is 5.42. The molecule has 0 amide bonds. The van der Waals surface area contributed by atoms with Crippen molar-refractivity contribution in [2.45, 2.75) is 6.42 Å². The molecule has 5 heteroatoms. The largest absolute Gasteiger partial charge is 0.293 e. The second-order valence-electron chi connectivity index (χ2n) is 3.44. The molecular formula is C12H7Br2FOS. The molecule has 0 spiro atoms. The van der Waals surface area contributed by atoms with Crippen molar-refractivity contribution in [3.05, 3.63) is 54.8 Å². The first-order valence-corrected chi connectivity index (χ1v) is 7.19. The Morgan fingerprint density at radius 3 is 2.59 bits per heavy atom. The van der Waals surface area contributed by atoms with Crippen molar-refractivity contribution in [2.75, 3.05) is 0 Å². The molecule has 0 saturated heterocycles. The minimum absolute atomic E-state index is 0.0677. The Labute approximate surface area is 119 Å². The number of carbonyl (C=O) groups is 1. The van der Waals surface area contributed by atoms with E-state index in [1.807, 2.05) is 6.07 Å². The van der Waals surface area contributed by atoms with E-state index in [-0.39, 0.29) is 18.0 Å². The van der Waals surface area contributed by atoms with Crippen molar-refractivity contribution in [1.29, 1.82) is 0 Å². The van der Waals surface area contributed by atoms with Gasteiger partial charge in [0.25, 0.3) is 0 Å². The van der Waals surface area contributed by atoms with Crippen LogP contribution in [0.3, 0.4) is 0 Å². The van der Waals surface area contributed by atoms with Gasteiger partial charge in [0, 0.05) is 10.9 Å². The van der Waals surface area contributed by atoms with Crippen LogP contribution in [0.25, 0.3) is 0 Å². The second-order valence-corrected chi connectivity index (χ2v) is 6.82. The number of hydrogen-bond acceptors (Lipinski definition) is 2. The lowest BCUT2D eigenvalue weighted by Crippen LogP contribution is -2.03. The topological polar surface area (TPSA) is 17.1 Å². The molecule has 2 aromatic rings. The van der Waals surface area contributed by atoms with Crippen LogP contribution in [0.5, 0.6) is 0 Å². The summed E-state index contributed by atoms with van der Waals surface area (Å²) in [4.78, 5) is 12.5. The smallest absolute Gasteiger partial charge is 0.177 e. The van der Waals surface area contributed by atoms with E-state index in [1.54, 1.807) is 18.2 Å². The molecule has 0 fully saturated rings. The minimum atomic E-state index is -0.358. The molecule has 1 heterocycles. The van der Waals surface area contributed by atoms with E-state index in [1.165, 1.54) is 17.4 Å². The summed E-state index contributed by atoms with van der Waals surface area (Å²) < 4.78 is 15.1. The van der Waals surface area contributed by atoms with Gasteiger partial charge < -0.3 is 0 Å². The van der Waals surface area contributed by atoms with Crippen molar-refractivity contribution in [3.63, 3.8) is 0 Å². The van der Waals surface area contributed by atoms with Gasteiger partial charge in [0.05, 0.1) is 8.66 Å². The van der Waals surface area contributed by atoms with Crippen molar-refractivity contribution in [3.8, 4) is 0 Å². The van der Waals surface area contributed by atoms with Crippen LogP contribution in [0.1, 0.15) is 15.2 Å². The molecule has 88 valence electrons. The summed E-state index contributed by atoms with van der Waals surface area (Å²) >= 11 is 7.84. The average molecular weight is 378 g/mol. The Morgan fingerprint density at radius 1 is 1.24 bits per heavy atom. The Balaban J connectivity index is 2.18. The van der Waals surface area contributed by atoms with Crippen molar-refractivity contribution in [1.82, 2.24) is 0 Å². The average Bonchev–Trinajstić information content (AvgIpc) is 2.69. The van der Waals surface area contributed by atoms with Gasteiger partial charge >= 0.3 is 0 Å². The molecule has 1 aromatic carbocycles. The van der Waals surface area contributed by atoms with Gasteiger partial charge in [0.2, 0.25) is 0 Å². The molecular weight excluding hydrogens is 371 g/mol. The fourth-order valence-electron chi connectivity index (χ4n) is 1.39. The highest BCUT2D eigenvalue weighted by Crippen LogP contribution is 2.24. The first-order valence-electron chi connectivity index (χ1n) is 4.79. The lowest BCUT2D eigenvalue weighted by molar-refractivity contribution is 0.0995. The number of Topliss-reactive ketones (excluding diaryl/α,β-unsaturated/α-hetero) is 1. The summed E-state index contributed by atoms with van der Waals surface area (Å²) in [6, 6.07) is 8.28. The zero-order chi connectivity index (χ0) is 12.4. The third-order valence-corrected chi connectivity index (χ3v) is 4.37. The maximum Gasteiger partial charge on any atom is 0.177 e. The van der Waals surface area contributed by atoms with Crippen LogP contribution >= 0.6 is 43.2 Å². The summed E-state index contributed by atoms with van der Waals surface area (Å²) in [6.45, 7) is 0. The van der Waals surface area contributed by atoms with E-state index in [0.29, 0.717) is 14.9 Å². The van der Waals surface area contributed by atoms with Crippen LogP contribution in [0.2, 0.25) is 0 Å². The summed E-state index contributed by atoms with van der Waals surface area (Å²) in [6.07, 6.45) is 0.0894. The molecule has 1 aromatic heterocycles. The minimum Gasteiger partial charge on any atom is -0.293 e. The molecule has 0 bridgehead atoms. The number of thiophene rings is 1. The van der Waals surface area contributed by atoms with Crippen LogP contribution in [0.15, 0.2) is 38.6 Å². The van der Waals surface area contributed by atoms with E-state index in [2.05, 4.69) is 31.9 Å². The molecule has 0 aliphatic rings. The van der Waals surface area contributed by atoms with Gasteiger partial charge in [-0.3, -0.25) is 4.79 Å². The van der Waals surface area contributed by atoms with Gasteiger partial charge in [0.1, 0.15) is 5.82 Å². The number of benzene rings is 1. The van der Waals surface area contributed by atoms with E-state index in [0.717, 1.165) is 3.79 Å². The zero-order valence-corrected chi connectivity index (χ0v) is 12.5. The molecule has 0 aliphatic heterocycles. The summed E-state index contributed by atoms with van der Waals surface area (Å²) in [5, 5.41) is 0. The van der Waals surface area contributed by atoms with E-state index in [9.17, 15) is 9.18 Å². The third-order valence-electron chi connectivity index (χ3n) is 2.21. The summed E-state index contributed by atoms with van der Waals surface area (Å²) in [5.74, 6) is -0.426. The fraction of sp³-hybridized carbons (Fsp3) is 0.0833. The Hall–Kier alpha value is -0.520. The van der Waals surface area contributed by atoms with Gasteiger partial charge in [0.15, 0.2) is 5.78 Å². The highest BCUT2D eigenvalue weighted by molar-refractivity contribution is 9.11. The molecule has 0 saturated carbocycles. The highest BCUT2D eigenvalue weighted by atomic mass is 79.9. The number of hydrogen-bond donors (Lipinski definition) is 0. The predicted octanol–water partition coefficient (Wildman–Crippen LogP) is 4.84. The quantitative estimate of drug-likeness (QED) is 0.699. The molecule has 1 nitrogen and oxygen atoms in total. The molecule has 0 unspecified atom stereocenters. The maximum atomic E-state index is 13.5. The van der Waals surface area contributed by atoms with E-state index < -0.39 is 0 Å². The Kier molecular flexibility index (Phi) is 4.12. The number of halogens is 3. The van der Waals surface area contributed by atoms with Gasteiger partial charge in [-0.1, -0.05) is 22.0 Å². The van der Waals surface area contributed by atoms with Gasteiger partial charge in [-0.2, -0.15) is 0 Å². The molecule has 17 heavy (non-hydrogen) atoms. The van der Waals surface area contributed by atoms with Crippen molar-refractivity contribution < 1.29 is 9.18 Å². The van der Waals surface area contributed by atoms with Crippen LogP contribution in [-0.4, -0.2) is 5.78 Å². The SMILES string of the molecule is O=C(Cc1ccc(Br)cc1F)c1ccc(Br)s1. The van der Waals surface area contributed by atoms with Crippen LogP contribution in [-0.2, 0) is 6.42 Å². The zero-order valence-electron chi connectivity index (χ0n) is 8.54. The summed E-state index contributed by atoms with van der Waals surface area (Å²) in [5.41, 5.74) is 0.419. The number of rotatable bonds is 3. The normalized spacial score (nSPS) is 10.5. The van der Waals surface area contributed by atoms with Crippen LogP contribution in [0.4, 0.5) is 4.39 Å². The predicted molar refractivity (Wildman–Crippen MR) is 74.2 cm³/mol.